The molecule has 0 spiro atoms. The fourth-order valence-corrected chi connectivity index (χ4v) is 3.35. The summed E-state index contributed by atoms with van der Waals surface area (Å²) >= 11 is 1.62. The van der Waals surface area contributed by atoms with Crippen molar-refractivity contribution in [3.8, 4) is 5.95 Å². The molecule has 8 heteroatoms. The van der Waals surface area contributed by atoms with Gasteiger partial charge >= 0.3 is 0 Å². The molecule has 0 aliphatic rings. The first-order valence-electron chi connectivity index (χ1n) is 7.47. The van der Waals surface area contributed by atoms with E-state index in [1.807, 2.05) is 55.1 Å². The van der Waals surface area contributed by atoms with Gasteiger partial charge in [-0.1, -0.05) is 35.1 Å². The highest BCUT2D eigenvalue weighted by molar-refractivity contribution is 7.98. The lowest BCUT2D eigenvalue weighted by Crippen LogP contribution is -2.05. The number of aryl methyl sites for hydroxylation is 2. The van der Waals surface area contributed by atoms with Crippen molar-refractivity contribution in [3.05, 3.63) is 53.9 Å². The lowest BCUT2D eigenvalue weighted by molar-refractivity contribution is 0.682. The van der Waals surface area contributed by atoms with E-state index in [2.05, 4.69) is 26.6 Å². The fraction of sp³-hybridized carbons (Fsp3) is 0.188. The summed E-state index contributed by atoms with van der Waals surface area (Å²) in [5, 5.41) is 12.7. The van der Waals surface area contributed by atoms with Gasteiger partial charge in [-0.2, -0.15) is 0 Å². The third-order valence-electron chi connectivity index (χ3n) is 3.65. The molecular weight excluding hydrogens is 322 g/mol. The van der Waals surface area contributed by atoms with E-state index in [1.165, 1.54) is 0 Å². The van der Waals surface area contributed by atoms with Crippen LogP contribution in [-0.4, -0.2) is 34.7 Å². The number of hydrogen-bond donors (Lipinski definition) is 0. The SMILES string of the molecule is Cc1ccc(CSc2nc3ccccc3n2-c2nnnn2C)nc1. The van der Waals surface area contributed by atoms with Crippen LogP contribution in [0.15, 0.2) is 47.8 Å². The van der Waals surface area contributed by atoms with Crippen molar-refractivity contribution in [1.29, 1.82) is 0 Å². The largest absolute Gasteiger partial charge is 0.260 e. The highest BCUT2D eigenvalue weighted by atomic mass is 32.2. The molecule has 7 nitrogen and oxygen atoms in total. The molecule has 4 rings (SSSR count). The number of benzene rings is 1. The molecule has 0 radical (unpaired) electrons. The Kier molecular flexibility index (Phi) is 3.73. The number of imidazole rings is 1. The summed E-state index contributed by atoms with van der Waals surface area (Å²) in [6.45, 7) is 2.03. The van der Waals surface area contributed by atoms with Crippen LogP contribution in [0.5, 0.6) is 0 Å². The van der Waals surface area contributed by atoms with Gasteiger partial charge in [0.05, 0.1) is 16.7 Å². The van der Waals surface area contributed by atoms with Crippen molar-refractivity contribution in [2.24, 2.45) is 7.05 Å². The van der Waals surface area contributed by atoms with E-state index in [9.17, 15) is 0 Å². The van der Waals surface area contributed by atoms with Gasteiger partial charge in [-0.3, -0.25) is 9.55 Å². The van der Waals surface area contributed by atoms with Gasteiger partial charge in [-0.25, -0.2) is 9.67 Å². The van der Waals surface area contributed by atoms with E-state index in [0.717, 1.165) is 33.2 Å². The second-order valence-electron chi connectivity index (χ2n) is 5.44. The van der Waals surface area contributed by atoms with Crippen molar-refractivity contribution in [3.63, 3.8) is 0 Å². The minimum Gasteiger partial charge on any atom is -0.260 e. The number of nitrogens with zero attached hydrogens (tertiary/aromatic N) is 7. The maximum atomic E-state index is 4.73. The molecule has 4 aromatic rings. The normalized spacial score (nSPS) is 11.2. The molecule has 1 aromatic carbocycles. The minimum absolute atomic E-state index is 0.642. The number of tetrazole rings is 1. The molecule has 0 aliphatic carbocycles. The monoisotopic (exact) mass is 337 g/mol. The number of aromatic nitrogens is 7. The summed E-state index contributed by atoms with van der Waals surface area (Å²) in [6.07, 6.45) is 1.88. The van der Waals surface area contributed by atoms with E-state index < -0.39 is 0 Å². The first-order valence-corrected chi connectivity index (χ1v) is 8.45. The zero-order valence-electron chi connectivity index (χ0n) is 13.3. The second-order valence-corrected chi connectivity index (χ2v) is 6.38. The molecular formula is C16H15N7S. The first kappa shape index (κ1) is 14.8. The molecule has 0 fully saturated rings. The van der Waals surface area contributed by atoms with Crippen LogP contribution in [-0.2, 0) is 12.8 Å². The number of rotatable bonds is 4. The molecule has 0 N–H and O–H groups in total. The predicted octanol–water partition coefficient (Wildman–Crippen LogP) is 2.54. The fourth-order valence-electron chi connectivity index (χ4n) is 2.43. The molecule has 0 amide bonds. The summed E-state index contributed by atoms with van der Waals surface area (Å²) in [6, 6.07) is 12.1. The second kappa shape index (κ2) is 6.04. The summed E-state index contributed by atoms with van der Waals surface area (Å²) in [7, 11) is 1.82. The summed E-state index contributed by atoms with van der Waals surface area (Å²) in [4.78, 5) is 9.19. The van der Waals surface area contributed by atoms with Crippen LogP contribution in [0.2, 0.25) is 0 Å². The van der Waals surface area contributed by atoms with Crippen LogP contribution in [0.3, 0.4) is 0 Å². The molecule has 3 heterocycles. The van der Waals surface area contributed by atoms with Crippen LogP contribution in [0.1, 0.15) is 11.3 Å². The number of thioether (sulfide) groups is 1. The smallest absolute Gasteiger partial charge is 0.256 e. The third kappa shape index (κ3) is 2.65. The van der Waals surface area contributed by atoms with Crippen LogP contribution in [0.4, 0.5) is 0 Å². The summed E-state index contributed by atoms with van der Waals surface area (Å²) in [5.41, 5.74) is 4.07. The van der Waals surface area contributed by atoms with Gasteiger partial charge < -0.3 is 0 Å². The molecule has 0 bridgehead atoms. The number of pyridine rings is 1. The van der Waals surface area contributed by atoms with Crippen molar-refractivity contribution in [2.75, 3.05) is 0 Å². The zero-order chi connectivity index (χ0) is 16.5. The van der Waals surface area contributed by atoms with E-state index in [-0.39, 0.29) is 0 Å². The maximum Gasteiger partial charge on any atom is 0.256 e. The van der Waals surface area contributed by atoms with Gasteiger partial charge in [0.2, 0.25) is 0 Å². The van der Waals surface area contributed by atoms with Crippen LogP contribution < -0.4 is 0 Å². The quantitative estimate of drug-likeness (QED) is 0.533. The van der Waals surface area contributed by atoms with Crippen molar-refractivity contribution in [2.45, 2.75) is 17.8 Å². The number of hydrogen-bond acceptors (Lipinski definition) is 6. The molecule has 0 saturated carbocycles. The highest BCUT2D eigenvalue weighted by Gasteiger charge is 2.17. The number of para-hydroxylation sites is 2. The predicted molar refractivity (Wildman–Crippen MR) is 92.0 cm³/mol. The minimum atomic E-state index is 0.642. The standard InChI is InChI=1S/C16H15N7S/c1-11-7-8-12(17-9-11)10-24-16-18-13-5-3-4-6-14(13)23(16)15-19-20-21-22(15)2/h3-9H,10H2,1-2H3. The Morgan fingerprint density at radius 3 is 2.75 bits per heavy atom. The van der Waals surface area contributed by atoms with Crippen LogP contribution in [0, 0.1) is 6.92 Å². The van der Waals surface area contributed by atoms with Crippen molar-refractivity contribution >= 4 is 22.8 Å². The Morgan fingerprint density at radius 1 is 1.12 bits per heavy atom. The van der Waals surface area contributed by atoms with Crippen LogP contribution in [0.25, 0.3) is 17.0 Å². The first-order chi connectivity index (χ1) is 11.7. The van der Waals surface area contributed by atoms with E-state index in [1.54, 1.807) is 16.4 Å². The van der Waals surface area contributed by atoms with Gasteiger partial charge in [-0.15, -0.1) is 0 Å². The molecule has 0 atom stereocenters. The molecule has 24 heavy (non-hydrogen) atoms. The molecule has 0 saturated heterocycles. The average molecular weight is 337 g/mol. The Bertz CT molecular complexity index is 987. The Hall–Kier alpha value is -2.74. The van der Waals surface area contributed by atoms with Gasteiger partial charge in [-0.05, 0) is 41.1 Å². The summed E-state index contributed by atoms with van der Waals surface area (Å²) < 4.78 is 3.62. The lowest BCUT2D eigenvalue weighted by atomic mass is 10.3. The molecule has 0 aliphatic heterocycles. The van der Waals surface area contributed by atoms with Crippen LogP contribution >= 0.6 is 11.8 Å². The van der Waals surface area contributed by atoms with Gasteiger partial charge in [0.25, 0.3) is 5.95 Å². The zero-order valence-corrected chi connectivity index (χ0v) is 14.1. The molecule has 0 unspecified atom stereocenters. The Labute approximate surface area is 142 Å². The topological polar surface area (TPSA) is 74.3 Å². The van der Waals surface area contributed by atoms with Crippen molar-refractivity contribution < 1.29 is 0 Å². The van der Waals surface area contributed by atoms with E-state index in [0.29, 0.717) is 5.95 Å². The molecule has 3 aromatic heterocycles. The third-order valence-corrected chi connectivity index (χ3v) is 4.62. The average Bonchev–Trinajstić information content (AvgIpc) is 3.17. The van der Waals surface area contributed by atoms with Crippen molar-refractivity contribution in [1.82, 2.24) is 34.7 Å². The van der Waals surface area contributed by atoms with Gasteiger partial charge in [0, 0.05) is 19.0 Å². The lowest BCUT2D eigenvalue weighted by Gasteiger charge is -2.06. The summed E-state index contributed by atoms with van der Waals surface area (Å²) in [5.74, 6) is 1.37. The van der Waals surface area contributed by atoms with Gasteiger partial charge in [0.1, 0.15) is 0 Å². The van der Waals surface area contributed by atoms with Gasteiger partial charge in [0.15, 0.2) is 5.16 Å². The maximum absolute atomic E-state index is 4.73. The number of fused-ring (bicyclic) bond motifs is 1. The Balaban J connectivity index is 1.74. The Morgan fingerprint density at radius 2 is 2.00 bits per heavy atom. The van der Waals surface area contributed by atoms with E-state index in [4.69, 9.17) is 4.98 Å². The highest BCUT2D eigenvalue weighted by Crippen LogP contribution is 2.28. The van der Waals surface area contributed by atoms with E-state index >= 15 is 0 Å². The molecule has 120 valence electrons.